The van der Waals surface area contributed by atoms with Gasteiger partial charge >= 0.3 is 0 Å². The first kappa shape index (κ1) is 12.5. The van der Waals surface area contributed by atoms with Crippen molar-refractivity contribution in [3.8, 4) is 0 Å². The minimum atomic E-state index is 0.342. The Labute approximate surface area is 104 Å². The largest absolute Gasteiger partial charge is 0.376 e. The average Bonchev–Trinajstić information content (AvgIpc) is 2.38. The van der Waals surface area contributed by atoms with Gasteiger partial charge in [-0.15, -0.1) is 0 Å². The van der Waals surface area contributed by atoms with E-state index in [1.54, 1.807) is 0 Å². The smallest absolute Gasteiger partial charge is 0.0674 e. The van der Waals surface area contributed by atoms with Crippen molar-refractivity contribution in [3.63, 3.8) is 0 Å². The summed E-state index contributed by atoms with van der Waals surface area (Å²) >= 11 is 0. The molecule has 1 aromatic rings. The molecule has 0 spiro atoms. The molecule has 2 atom stereocenters. The van der Waals surface area contributed by atoms with Gasteiger partial charge in [0.25, 0.3) is 0 Å². The van der Waals surface area contributed by atoms with Crippen molar-refractivity contribution in [1.82, 2.24) is 9.88 Å². The fraction of sp³-hybridized carbons (Fsp3) is 0.643. The second-order valence-corrected chi connectivity index (χ2v) is 4.79. The number of aromatic nitrogens is 1. The van der Waals surface area contributed by atoms with Crippen LogP contribution in [0, 0.1) is 0 Å². The standard InChI is InChI=1S/C14H22N2O/c1-4-14-6-5-13(9-15-14)12(3)16-7-8-17-11(2)10-16/h5-6,9,11-12H,4,7-8,10H2,1-3H3/t11-,12-/m1/s1. The van der Waals surface area contributed by atoms with E-state index in [9.17, 15) is 0 Å². The van der Waals surface area contributed by atoms with Gasteiger partial charge in [0.05, 0.1) is 12.7 Å². The van der Waals surface area contributed by atoms with Crippen LogP contribution in [0.3, 0.4) is 0 Å². The molecule has 0 bridgehead atoms. The van der Waals surface area contributed by atoms with Gasteiger partial charge in [-0.25, -0.2) is 0 Å². The highest BCUT2D eigenvalue weighted by Gasteiger charge is 2.22. The third-order valence-corrected chi connectivity index (χ3v) is 3.51. The van der Waals surface area contributed by atoms with Crippen LogP contribution in [-0.4, -0.2) is 35.7 Å². The Morgan fingerprint density at radius 2 is 2.35 bits per heavy atom. The molecule has 1 aliphatic rings. The van der Waals surface area contributed by atoms with Gasteiger partial charge in [-0.05, 0) is 31.9 Å². The first-order chi connectivity index (χ1) is 8.20. The number of ether oxygens (including phenoxy) is 1. The monoisotopic (exact) mass is 234 g/mol. The highest BCUT2D eigenvalue weighted by Crippen LogP contribution is 2.22. The van der Waals surface area contributed by atoms with Crippen LogP contribution in [0.2, 0.25) is 0 Å². The Hall–Kier alpha value is -0.930. The molecule has 1 fully saturated rings. The highest BCUT2D eigenvalue weighted by atomic mass is 16.5. The van der Waals surface area contributed by atoms with Crippen LogP contribution < -0.4 is 0 Å². The maximum Gasteiger partial charge on any atom is 0.0674 e. The van der Waals surface area contributed by atoms with Crippen LogP contribution in [-0.2, 0) is 11.2 Å². The molecule has 0 N–H and O–H groups in total. The fourth-order valence-electron chi connectivity index (χ4n) is 2.30. The van der Waals surface area contributed by atoms with Crippen LogP contribution in [0.25, 0.3) is 0 Å². The van der Waals surface area contributed by atoms with E-state index in [1.165, 1.54) is 5.56 Å². The molecule has 0 unspecified atom stereocenters. The Morgan fingerprint density at radius 3 is 2.94 bits per heavy atom. The molecule has 0 saturated carbocycles. The summed E-state index contributed by atoms with van der Waals surface area (Å²) in [6, 6.07) is 4.77. The zero-order chi connectivity index (χ0) is 12.3. The van der Waals surface area contributed by atoms with E-state index < -0.39 is 0 Å². The normalized spacial score (nSPS) is 23.6. The molecule has 17 heavy (non-hydrogen) atoms. The lowest BCUT2D eigenvalue weighted by molar-refractivity contribution is -0.0320. The third kappa shape index (κ3) is 3.05. The molecule has 0 radical (unpaired) electrons. The predicted molar refractivity (Wildman–Crippen MR) is 69.0 cm³/mol. The van der Waals surface area contributed by atoms with Crippen molar-refractivity contribution in [2.75, 3.05) is 19.7 Å². The topological polar surface area (TPSA) is 25.4 Å². The summed E-state index contributed by atoms with van der Waals surface area (Å²) in [4.78, 5) is 6.94. The summed E-state index contributed by atoms with van der Waals surface area (Å²) in [5, 5.41) is 0. The van der Waals surface area contributed by atoms with Gasteiger partial charge in [-0.2, -0.15) is 0 Å². The zero-order valence-corrected chi connectivity index (χ0v) is 11.0. The molecule has 1 aliphatic heterocycles. The number of hydrogen-bond donors (Lipinski definition) is 0. The van der Waals surface area contributed by atoms with E-state index in [1.807, 2.05) is 6.20 Å². The van der Waals surface area contributed by atoms with Gasteiger partial charge in [-0.1, -0.05) is 13.0 Å². The molecule has 3 nitrogen and oxygen atoms in total. The molecule has 0 aliphatic carbocycles. The lowest BCUT2D eigenvalue weighted by atomic mass is 10.1. The van der Waals surface area contributed by atoms with Crippen molar-refractivity contribution in [3.05, 3.63) is 29.6 Å². The predicted octanol–water partition coefficient (Wildman–Crippen LogP) is 2.43. The molecule has 94 valence electrons. The van der Waals surface area contributed by atoms with E-state index >= 15 is 0 Å². The second-order valence-electron chi connectivity index (χ2n) is 4.79. The van der Waals surface area contributed by atoms with Crippen molar-refractivity contribution in [2.45, 2.75) is 39.3 Å². The van der Waals surface area contributed by atoms with Gasteiger partial charge in [0, 0.05) is 31.0 Å². The lowest BCUT2D eigenvalue weighted by Gasteiger charge is -2.35. The Bertz CT molecular complexity index is 350. The summed E-state index contributed by atoms with van der Waals surface area (Å²) in [6.45, 7) is 9.39. The molecule has 1 saturated heterocycles. The molecule has 1 aromatic heterocycles. The molecular formula is C14H22N2O. The number of hydrogen-bond acceptors (Lipinski definition) is 3. The van der Waals surface area contributed by atoms with Gasteiger partial charge in [-0.3, -0.25) is 9.88 Å². The Kier molecular flexibility index (Phi) is 4.13. The first-order valence-electron chi connectivity index (χ1n) is 6.51. The van der Waals surface area contributed by atoms with E-state index in [0.29, 0.717) is 12.1 Å². The van der Waals surface area contributed by atoms with Crippen LogP contribution in [0.15, 0.2) is 18.3 Å². The summed E-state index contributed by atoms with van der Waals surface area (Å²) in [5.74, 6) is 0. The Morgan fingerprint density at radius 1 is 1.53 bits per heavy atom. The second kappa shape index (κ2) is 5.61. The molecule has 3 heteroatoms. The van der Waals surface area contributed by atoms with Crippen molar-refractivity contribution >= 4 is 0 Å². The van der Waals surface area contributed by atoms with E-state index in [0.717, 1.165) is 31.8 Å². The zero-order valence-electron chi connectivity index (χ0n) is 11.0. The number of pyridine rings is 1. The number of nitrogens with zero attached hydrogens (tertiary/aromatic N) is 2. The number of aryl methyl sites for hydroxylation is 1. The third-order valence-electron chi connectivity index (χ3n) is 3.51. The quantitative estimate of drug-likeness (QED) is 0.803. The number of morpholine rings is 1. The maximum atomic E-state index is 5.57. The molecule has 2 rings (SSSR count). The summed E-state index contributed by atoms with van der Waals surface area (Å²) in [6.07, 6.45) is 3.36. The molecule has 2 heterocycles. The minimum Gasteiger partial charge on any atom is -0.376 e. The van der Waals surface area contributed by atoms with E-state index in [2.05, 4.69) is 42.8 Å². The average molecular weight is 234 g/mol. The SMILES string of the molecule is CCc1ccc([C@@H](C)N2CCO[C@H](C)C2)cn1. The fourth-order valence-corrected chi connectivity index (χ4v) is 2.30. The first-order valence-corrected chi connectivity index (χ1v) is 6.51. The molecule has 0 aromatic carbocycles. The van der Waals surface area contributed by atoms with Crippen molar-refractivity contribution < 1.29 is 4.74 Å². The van der Waals surface area contributed by atoms with Gasteiger partial charge in [0.1, 0.15) is 0 Å². The van der Waals surface area contributed by atoms with E-state index in [-0.39, 0.29) is 0 Å². The van der Waals surface area contributed by atoms with Crippen LogP contribution in [0.5, 0.6) is 0 Å². The van der Waals surface area contributed by atoms with Crippen molar-refractivity contribution in [1.29, 1.82) is 0 Å². The summed E-state index contributed by atoms with van der Waals surface area (Å²) in [5.41, 5.74) is 2.47. The molecule has 0 amide bonds. The van der Waals surface area contributed by atoms with Crippen molar-refractivity contribution in [2.24, 2.45) is 0 Å². The summed E-state index contributed by atoms with van der Waals surface area (Å²) < 4.78 is 5.57. The Balaban J connectivity index is 2.04. The highest BCUT2D eigenvalue weighted by molar-refractivity contribution is 5.17. The van der Waals surface area contributed by atoms with Crippen LogP contribution in [0.1, 0.15) is 38.1 Å². The lowest BCUT2D eigenvalue weighted by Crippen LogP contribution is -2.42. The van der Waals surface area contributed by atoms with Gasteiger partial charge < -0.3 is 4.74 Å². The van der Waals surface area contributed by atoms with Crippen LogP contribution >= 0.6 is 0 Å². The minimum absolute atomic E-state index is 0.342. The summed E-state index contributed by atoms with van der Waals surface area (Å²) in [7, 11) is 0. The van der Waals surface area contributed by atoms with Crippen LogP contribution in [0.4, 0.5) is 0 Å². The van der Waals surface area contributed by atoms with Gasteiger partial charge in [0.15, 0.2) is 0 Å². The van der Waals surface area contributed by atoms with E-state index in [4.69, 9.17) is 4.74 Å². The maximum absolute atomic E-state index is 5.57. The number of rotatable bonds is 3. The molecular weight excluding hydrogens is 212 g/mol. The van der Waals surface area contributed by atoms with Gasteiger partial charge in [0.2, 0.25) is 0 Å².